The SMILES string of the molecule is Cc1cc(O)ccc1NC(=O)Cc1c(F)cccc1F. The molecular formula is C15H13F2NO2. The lowest BCUT2D eigenvalue weighted by Crippen LogP contribution is -2.16. The standard InChI is InChI=1S/C15H13F2NO2/c1-9-7-10(19)5-6-14(9)18-15(20)8-11-12(16)3-2-4-13(11)17/h2-7,19H,8H2,1H3,(H,18,20). The van der Waals surface area contributed by atoms with Gasteiger partial charge in [-0.1, -0.05) is 6.07 Å². The van der Waals surface area contributed by atoms with Crippen molar-refractivity contribution in [1.82, 2.24) is 0 Å². The predicted octanol–water partition coefficient (Wildman–Crippen LogP) is 3.16. The van der Waals surface area contributed by atoms with Crippen molar-refractivity contribution in [2.24, 2.45) is 0 Å². The summed E-state index contributed by atoms with van der Waals surface area (Å²) in [5, 5.41) is 11.8. The summed E-state index contributed by atoms with van der Waals surface area (Å²) in [4.78, 5) is 11.8. The molecule has 0 atom stereocenters. The van der Waals surface area contributed by atoms with Gasteiger partial charge in [-0.25, -0.2) is 8.78 Å². The highest BCUT2D eigenvalue weighted by molar-refractivity contribution is 5.93. The van der Waals surface area contributed by atoms with E-state index in [4.69, 9.17) is 0 Å². The summed E-state index contributed by atoms with van der Waals surface area (Å²) in [5.74, 6) is -1.94. The molecule has 2 N–H and O–H groups in total. The Labute approximate surface area is 114 Å². The van der Waals surface area contributed by atoms with E-state index in [0.29, 0.717) is 11.3 Å². The molecular weight excluding hydrogens is 264 g/mol. The minimum atomic E-state index is -0.748. The zero-order valence-electron chi connectivity index (χ0n) is 10.8. The van der Waals surface area contributed by atoms with Gasteiger partial charge in [-0.05, 0) is 42.8 Å². The minimum Gasteiger partial charge on any atom is -0.508 e. The quantitative estimate of drug-likeness (QED) is 0.847. The number of amides is 1. The highest BCUT2D eigenvalue weighted by Gasteiger charge is 2.13. The summed E-state index contributed by atoms with van der Waals surface area (Å²) in [6, 6.07) is 7.90. The second-order valence-electron chi connectivity index (χ2n) is 4.42. The number of hydrogen-bond donors (Lipinski definition) is 2. The monoisotopic (exact) mass is 277 g/mol. The molecule has 0 aromatic heterocycles. The van der Waals surface area contributed by atoms with Gasteiger partial charge in [0.1, 0.15) is 17.4 Å². The van der Waals surface area contributed by atoms with Gasteiger partial charge in [-0.3, -0.25) is 4.79 Å². The van der Waals surface area contributed by atoms with Gasteiger partial charge in [0.25, 0.3) is 0 Å². The summed E-state index contributed by atoms with van der Waals surface area (Å²) in [6.45, 7) is 1.71. The van der Waals surface area contributed by atoms with Gasteiger partial charge in [0.15, 0.2) is 0 Å². The predicted molar refractivity (Wildman–Crippen MR) is 71.5 cm³/mol. The van der Waals surface area contributed by atoms with E-state index in [2.05, 4.69) is 5.32 Å². The Morgan fingerprint density at radius 2 is 1.85 bits per heavy atom. The highest BCUT2D eigenvalue weighted by Crippen LogP contribution is 2.21. The fraction of sp³-hybridized carbons (Fsp3) is 0.133. The number of carbonyl (C=O) groups is 1. The molecule has 104 valence electrons. The molecule has 2 rings (SSSR count). The van der Waals surface area contributed by atoms with Crippen LogP contribution in [0.15, 0.2) is 36.4 Å². The summed E-state index contributed by atoms with van der Waals surface area (Å²) in [5.41, 5.74) is 0.887. The van der Waals surface area contributed by atoms with Gasteiger partial charge in [-0.2, -0.15) is 0 Å². The first-order chi connectivity index (χ1) is 9.47. The Kier molecular flexibility index (Phi) is 3.98. The van der Waals surface area contributed by atoms with Gasteiger partial charge in [0.2, 0.25) is 5.91 Å². The Morgan fingerprint density at radius 1 is 1.20 bits per heavy atom. The lowest BCUT2D eigenvalue weighted by molar-refractivity contribution is -0.115. The lowest BCUT2D eigenvalue weighted by atomic mass is 10.1. The Hall–Kier alpha value is -2.43. The minimum absolute atomic E-state index is 0.0839. The molecule has 2 aromatic rings. The molecule has 0 spiro atoms. The number of phenols is 1. The molecule has 0 aliphatic heterocycles. The van der Waals surface area contributed by atoms with Crippen molar-refractivity contribution >= 4 is 11.6 Å². The maximum Gasteiger partial charge on any atom is 0.229 e. The zero-order valence-corrected chi connectivity index (χ0v) is 10.8. The molecule has 0 unspecified atom stereocenters. The van der Waals surface area contributed by atoms with Crippen LogP contribution in [0.25, 0.3) is 0 Å². The van der Waals surface area contributed by atoms with E-state index in [-0.39, 0.29) is 11.3 Å². The average Bonchev–Trinajstić information content (AvgIpc) is 2.37. The molecule has 3 nitrogen and oxygen atoms in total. The number of hydrogen-bond acceptors (Lipinski definition) is 2. The lowest BCUT2D eigenvalue weighted by Gasteiger charge is -2.09. The van der Waals surface area contributed by atoms with E-state index < -0.39 is 24.0 Å². The van der Waals surface area contributed by atoms with Crippen molar-refractivity contribution in [3.8, 4) is 5.75 Å². The van der Waals surface area contributed by atoms with Crippen LogP contribution in [-0.2, 0) is 11.2 Å². The topological polar surface area (TPSA) is 49.3 Å². The molecule has 20 heavy (non-hydrogen) atoms. The van der Waals surface area contributed by atoms with E-state index in [0.717, 1.165) is 12.1 Å². The first-order valence-corrected chi connectivity index (χ1v) is 5.99. The van der Waals surface area contributed by atoms with Crippen molar-refractivity contribution in [1.29, 1.82) is 0 Å². The van der Waals surface area contributed by atoms with Crippen LogP contribution in [0.5, 0.6) is 5.75 Å². The van der Waals surface area contributed by atoms with E-state index in [1.165, 1.54) is 24.3 Å². The van der Waals surface area contributed by atoms with Crippen molar-refractivity contribution in [2.45, 2.75) is 13.3 Å². The number of aryl methyl sites for hydroxylation is 1. The van der Waals surface area contributed by atoms with Crippen LogP contribution in [0.1, 0.15) is 11.1 Å². The molecule has 0 aliphatic carbocycles. The number of benzene rings is 2. The van der Waals surface area contributed by atoms with Gasteiger partial charge in [0, 0.05) is 11.3 Å². The van der Waals surface area contributed by atoms with Crippen LogP contribution in [0.4, 0.5) is 14.5 Å². The Bertz CT molecular complexity index is 636. The van der Waals surface area contributed by atoms with E-state index in [1.54, 1.807) is 6.92 Å². The second kappa shape index (κ2) is 5.69. The molecule has 0 radical (unpaired) electrons. The van der Waals surface area contributed by atoms with E-state index >= 15 is 0 Å². The van der Waals surface area contributed by atoms with Gasteiger partial charge < -0.3 is 10.4 Å². The summed E-state index contributed by atoms with van der Waals surface area (Å²) in [6.07, 6.45) is -0.390. The number of nitrogens with one attached hydrogen (secondary N) is 1. The Balaban J connectivity index is 2.13. The number of halogens is 2. The van der Waals surface area contributed by atoms with E-state index in [9.17, 15) is 18.7 Å². The maximum atomic E-state index is 13.4. The third kappa shape index (κ3) is 3.12. The molecule has 0 aliphatic rings. The molecule has 0 saturated carbocycles. The molecule has 0 saturated heterocycles. The van der Waals surface area contributed by atoms with Gasteiger partial charge in [-0.15, -0.1) is 0 Å². The van der Waals surface area contributed by atoms with E-state index in [1.807, 2.05) is 0 Å². The van der Waals surface area contributed by atoms with Gasteiger partial charge in [0.05, 0.1) is 6.42 Å². The van der Waals surface area contributed by atoms with Crippen LogP contribution in [-0.4, -0.2) is 11.0 Å². The van der Waals surface area contributed by atoms with Gasteiger partial charge >= 0.3 is 0 Å². The maximum absolute atomic E-state index is 13.4. The fourth-order valence-electron chi connectivity index (χ4n) is 1.84. The summed E-state index contributed by atoms with van der Waals surface area (Å²) < 4.78 is 26.9. The molecule has 0 bridgehead atoms. The number of rotatable bonds is 3. The number of anilines is 1. The van der Waals surface area contributed by atoms with Crippen molar-refractivity contribution < 1.29 is 18.7 Å². The molecule has 5 heteroatoms. The Morgan fingerprint density at radius 3 is 2.45 bits per heavy atom. The van der Waals surface area contributed by atoms with Crippen molar-refractivity contribution in [3.63, 3.8) is 0 Å². The second-order valence-corrected chi connectivity index (χ2v) is 4.42. The molecule has 1 amide bonds. The smallest absolute Gasteiger partial charge is 0.229 e. The van der Waals surface area contributed by atoms with Crippen LogP contribution in [0, 0.1) is 18.6 Å². The van der Waals surface area contributed by atoms with Crippen LogP contribution < -0.4 is 5.32 Å². The number of phenolic OH excluding ortho intramolecular Hbond substituents is 1. The van der Waals surface area contributed by atoms with Crippen LogP contribution >= 0.6 is 0 Å². The highest BCUT2D eigenvalue weighted by atomic mass is 19.1. The number of carbonyl (C=O) groups excluding carboxylic acids is 1. The summed E-state index contributed by atoms with van der Waals surface area (Å²) in [7, 11) is 0. The van der Waals surface area contributed by atoms with Crippen molar-refractivity contribution in [3.05, 3.63) is 59.2 Å². The third-order valence-electron chi connectivity index (χ3n) is 2.88. The average molecular weight is 277 g/mol. The fourth-order valence-corrected chi connectivity index (χ4v) is 1.84. The molecule has 0 fully saturated rings. The normalized spacial score (nSPS) is 10.3. The van der Waals surface area contributed by atoms with Crippen molar-refractivity contribution in [2.75, 3.05) is 5.32 Å². The first-order valence-electron chi connectivity index (χ1n) is 5.99. The summed E-state index contributed by atoms with van der Waals surface area (Å²) >= 11 is 0. The zero-order chi connectivity index (χ0) is 14.7. The first kappa shape index (κ1) is 14.0. The van der Waals surface area contributed by atoms with Crippen LogP contribution in [0.2, 0.25) is 0 Å². The largest absolute Gasteiger partial charge is 0.508 e. The number of aromatic hydroxyl groups is 1. The third-order valence-corrected chi connectivity index (χ3v) is 2.88. The molecule has 2 aromatic carbocycles. The molecule has 0 heterocycles. The van der Waals surface area contributed by atoms with Crippen LogP contribution in [0.3, 0.4) is 0 Å².